The van der Waals surface area contributed by atoms with Crippen LogP contribution in [0.1, 0.15) is 11.1 Å². The SMILES string of the molecule is Cc1ccccc1.Cc1ccccc1.N=C=O.N=C=O. The number of aryl methyl sites for hydroxylation is 2. The summed E-state index contributed by atoms with van der Waals surface area (Å²) in [6.45, 7) is 4.17. The number of benzene rings is 2. The molecule has 2 N–H and O–H groups in total. The van der Waals surface area contributed by atoms with Crippen LogP contribution in [0.5, 0.6) is 0 Å². The molecule has 4 heteroatoms. The minimum Gasteiger partial charge on any atom is -0.222 e. The van der Waals surface area contributed by atoms with Crippen molar-refractivity contribution in [2.45, 2.75) is 13.8 Å². The highest BCUT2D eigenvalue weighted by molar-refractivity contribution is 5.26. The summed E-state index contributed by atoms with van der Waals surface area (Å²) in [5, 5.41) is 10.8. The Balaban J connectivity index is 0. The Kier molecular flexibility index (Phi) is 15.8. The number of rotatable bonds is 0. The highest BCUT2D eigenvalue weighted by atomic mass is 16.1. The van der Waals surface area contributed by atoms with Crippen LogP contribution in [0.2, 0.25) is 0 Å². The van der Waals surface area contributed by atoms with Gasteiger partial charge in [0, 0.05) is 0 Å². The normalized spacial score (nSPS) is 6.90. The highest BCUT2D eigenvalue weighted by Crippen LogP contribution is 1.92. The molecule has 2 aromatic carbocycles. The summed E-state index contributed by atoms with van der Waals surface area (Å²) in [5.41, 5.74) is 2.64. The first-order chi connectivity index (χ1) is 9.62. The molecule has 0 saturated carbocycles. The standard InChI is InChI=1S/2C7H8.2CHNO/c2*1-7-5-3-2-4-6-7;2*2-1-3/h2*2-6H,1H3;2*2H. The van der Waals surface area contributed by atoms with E-state index in [2.05, 4.69) is 38.1 Å². The van der Waals surface area contributed by atoms with Gasteiger partial charge in [-0.2, -0.15) is 0 Å². The molecule has 0 aliphatic rings. The van der Waals surface area contributed by atoms with E-state index in [9.17, 15) is 0 Å². The van der Waals surface area contributed by atoms with Crippen LogP contribution in [-0.4, -0.2) is 12.2 Å². The van der Waals surface area contributed by atoms with Gasteiger partial charge in [-0.05, 0) is 13.8 Å². The summed E-state index contributed by atoms with van der Waals surface area (Å²) >= 11 is 0. The van der Waals surface area contributed by atoms with E-state index in [1.807, 2.05) is 36.4 Å². The third-order valence-corrected chi connectivity index (χ3v) is 1.88. The second kappa shape index (κ2) is 16.2. The van der Waals surface area contributed by atoms with Gasteiger partial charge in [0.05, 0.1) is 0 Å². The minimum absolute atomic E-state index is 0.750. The monoisotopic (exact) mass is 270 g/mol. The summed E-state index contributed by atoms with van der Waals surface area (Å²) in [7, 11) is 0. The Morgan fingerprint density at radius 1 is 0.650 bits per heavy atom. The molecule has 0 fully saturated rings. The maximum atomic E-state index is 8.35. The molecule has 0 atom stereocenters. The maximum Gasteiger partial charge on any atom is 0.231 e. The summed E-state index contributed by atoms with van der Waals surface area (Å²) in [4.78, 5) is 16.7. The third-order valence-electron chi connectivity index (χ3n) is 1.88. The number of hydrogen-bond donors (Lipinski definition) is 2. The zero-order valence-electron chi connectivity index (χ0n) is 11.6. The van der Waals surface area contributed by atoms with Gasteiger partial charge >= 0.3 is 0 Å². The molecule has 0 aliphatic carbocycles. The molecule has 20 heavy (non-hydrogen) atoms. The summed E-state index contributed by atoms with van der Waals surface area (Å²) in [5.74, 6) is 0. The summed E-state index contributed by atoms with van der Waals surface area (Å²) in [6.07, 6.45) is 1.50. The van der Waals surface area contributed by atoms with E-state index in [4.69, 9.17) is 20.4 Å². The molecule has 2 aromatic rings. The van der Waals surface area contributed by atoms with E-state index >= 15 is 0 Å². The maximum absolute atomic E-state index is 8.35. The van der Waals surface area contributed by atoms with Gasteiger partial charge in [0.2, 0.25) is 12.2 Å². The van der Waals surface area contributed by atoms with Crippen molar-refractivity contribution >= 4 is 12.2 Å². The van der Waals surface area contributed by atoms with Crippen molar-refractivity contribution in [2.24, 2.45) is 0 Å². The van der Waals surface area contributed by atoms with Crippen LogP contribution in [-0.2, 0) is 9.59 Å². The van der Waals surface area contributed by atoms with Gasteiger partial charge < -0.3 is 0 Å². The van der Waals surface area contributed by atoms with Crippen LogP contribution in [0.15, 0.2) is 60.7 Å². The Morgan fingerprint density at radius 2 is 0.850 bits per heavy atom. The molecule has 0 aliphatic heterocycles. The number of carbonyl (C=O) groups excluding carboxylic acids is 2. The lowest BCUT2D eigenvalue weighted by Crippen LogP contribution is -1.62. The van der Waals surface area contributed by atoms with Crippen LogP contribution >= 0.6 is 0 Å². The smallest absolute Gasteiger partial charge is 0.222 e. The summed E-state index contributed by atoms with van der Waals surface area (Å²) < 4.78 is 0. The number of hydrogen-bond acceptors (Lipinski definition) is 4. The lowest BCUT2D eigenvalue weighted by molar-refractivity contribution is 0.562. The quantitative estimate of drug-likeness (QED) is 0.564. The Labute approximate surface area is 119 Å². The van der Waals surface area contributed by atoms with E-state index in [0.29, 0.717) is 0 Å². The van der Waals surface area contributed by atoms with Crippen molar-refractivity contribution < 1.29 is 9.59 Å². The molecular formula is C16H18N2O2. The van der Waals surface area contributed by atoms with Gasteiger partial charge in [-0.3, -0.25) is 0 Å². The topological polar surface area (TPSA) is 81.8 Å². The average molecular weight is 270 g/mol. The predicted molar refractivity (Wildman–Crippen MR) is 79.2 cm³/mol. The van der Waals surface area contributed by atoms with Crippen molar-refractivity contribution in [3.63, 3.8) is 0 Å². The molecule has 0 radical (unpaired) electrons. The molecule has 104 valence electrons. The van der Waals surface area contributed by atoms with E-state index in [1.165, 1.54) is 11.1 Å². The first kappa shape index (κ1) is 19.5. The van der Waals surface area contributed by atoms with Gasteiger partial charge in [-0.1, -0.05) is 71.8 Å². The molecule has 0 aromatic heterocycles. The van der Waals surface area contributed by atoms with Crippen LogP contribution in [0.4, 0.5) is 0 Å². The first-order valence-corrected chi connectivity index (χ1v) is 5.73. The molecule has 0 saturated heterocycles. The van der Waals surface area contributed by atoms with Crippen molar-refractivity contribution in [1.82, 2.24) is 0 Å². The molecular weight excluding hydrogens is 252 g/mol. The Bertz CT molecular complexity index is 449. The van der Waals surface area contributed by atoms with Crippen molar-refractivity contribution in [2.75, 3.05) is 0 Å². The molecule has 0 bridgehead atoms. The number of nitrogens with one attached hydrogen (secondary N) is 2. The first-order valence-electron chi connectivity index (χ1n) is 5.73. The molecule has 0 spiro atoms. The van der Waals surface area contributed by atoms with Crippen LogP contribution in [0.3, 0.4) is 0 Å². The Hall–Kier alpha value is -2.80. The van der Waals surface area contributed by atoms with Gasteiger partial charge in [-0.15, -0.1) is 0 Å². The van der Waals surface area contributed by atoms with Gasteiger partial charge in [0.1, 0.15) is 0 Å². The fraction of sp³-hybridized carbons (Fsp3) is 0.125. The molecule has 4 nitrogen and oxygen atoms in total. The second-order valence-electron chi connectivity index (χ2n) is 3.51. The number of isocyanates is 2. The fourth-order valence-electron chi connectivity index (χ4n) is 1.07. The lowest BCUT2D eigenvalue weighted by atomic mass is 10.2. The van der Waals surface area contributed by atoms with E-state index < -0.39 is 0 Å². The minimum atomic E-state index is 0.750. The van der Waals surface area contributed by atoms with Crippen molar-refractivity contribution in [3.8, 4) is 0 Å². The molecule has 0 unspecified atom stereocenters. The predicted octanol–water partition coefficient (Wildman–Crippen LogP) is 3.79. The van der Waals surface area contributed by atoms with Crippen LogP contribution in [0.25, 0.3) is 0 Å². The van der Waals surface area contributed by atoms with E-state index in [1.54, 1.807) is 0 Å². The summed E-state index contributed by atoms with van der Waals surface area (Å²) in [6, 6.07) is 20.5. The second-order valence-corrected chi connectivity index (χ2v) is 3.51. The zero-order valence-corrected chi connectivity index (χ0v) is 11.6. The van der Waals surface area contributed by atoms with Gasteiger partial charge in [0.25, 0.3) is 0 Å². The van der Waals surface area contributed by atoms with Crippen molar-refractivity contribution in [1.29, 1.82) is 10.8 Å². The van der Waals surface area contributed by atoms with E-state index in [0.717, 1.165) is 12.2 Å². The fourth-order valence-corrected chi connectivity index (χ4v) is 1.07. The molecule has 0 heterocycles. The lowest BCUT2D eigenvalue weighted by Gasteiger charge is -1.82. The van der Waals surface area contributed by atoms with Crippen molar-refractivity contribution in [3.05, 3.63) is 71.8 Å². The average Bonchev–Trinajstić information content (AvgIpc) is 2.43. The van der Waals surface area contributed by atoms with Gasteiger partial charge in [0.15, 0.2) is 0 Å². The molecule has 2 rings (SSSR count). The van der Waals surface area contributed by atoms with Gasteiger partial charge in [-0.25, -0.2) is 20.4 Å². The zero-order chi connectivity index (χ0) is 15.6. The Morgan fingerprint density at radius 3 is 0.950 bits per heavy atom. The highest BCUT2D eigenvalue weighted by Gasteiger charge is 1.72. The van der Waals surface area contributed by atoms with Crippen LogP contribution < -0.4 is 0 Å². The van der Waals surface area contributed by atoms with E-state index in [-0.39, 0.29) is 0 Å². The largest absolute Gasteiger partial charge is 0.231 e. The third kappa shape index (κ3) is 17.6. The van der Waals surface area contributed by atoms with Crippen LogP contribution in [0, 0.1) is 24.7 Å². The molecule has 0 amide bonds.